The Morgan fingerprint density at radius 3 is 2.63 bits per heavy atom. The first-order chi connectivity index (χ1) is 18.2. The summed E-state index contributed by atoms with van der Waals surface area (Å²) in [6, 6.07) is 9.37. The number of nitrogens with one attached hydrogen (secondary N) is 1. The van der Waals surface area contributed by atoms with Crippen LogP contribution in [0.3, 0.4) is 0 Å². The van der Waals surface area contributed by atoms with Crippen LogP contribution in [0, 0.1) is 28.6 Å². The summed E-state index contributed by atoms with van der Waals surface area (Å²) in [6.07, 6.45) is 10.6. The summed E-state index contributed by atoms with van der Waals surface area (Å²) < 4.78 is 0. The van der Waals surface area contributed by atoms with Crippen LogP contribution >= 0.6 is 0 Å². The first-order valence-corrected chi connectivity index (χ1v) is 14.3. The molecule has 38 heavy (non-hydrogen) atoms. The maximum Gasteiger partial charge on any atom is 0.304 e. The summed E-state index contributed by atoms with van der Waals surface area (Å²) in [5.41, 5.74) is 3.54. The highest BCUT2D eigenvalue weighted by molar-refractivity contribution is 5.96. The number of carboxylic acids is 1. The van der Waals surface area contributed by atoms with E-state index in [1.807, 2.05) is 30.3 Å². The minimum Gasteiger partial charge on any atom is -0.481 e. The Bertz CT molecular complexity index is 1100. The number of amides is 1. The molecule has 4 aliphatic rings. The minimum atomic E-state index is -0.898. The van der Waals surface area contributed by atoms with E-state index in [2.05, 4.69) is 30.4 Å². The van der Waals surface area contributed by atoms with Gasteiger partial charge in [0.05, 0.1) is 18.2 Å². The van der Waals surface area contributed by atoms with Crippen molar-refractivity contribution in [3.05, 3.63) is 47.5 Å². The van der Waals surface area contributed by atoms with E-state index in [1.54, 1.807) is 0 Å². The predicted octanol–water partition coefficient (Wildman–Crippen LogP) is 5.06. The summed E-state index contributed by atoms with van der Waals surface area (Å²) in [4.78, 5) is 29.1. The number of hydrogen-bond acceptors (Lipinski definition) is 5. The molecule has 3 N–H and O–H groups in total. The Kier molecular flexibility index (Phi) is 7.67. The molecule has 7 atom stereocenters. The van der Waals surface area contributed by atoms with Crippen molar-refractivity contribution < 1.29 is 24.6 Å². The van der Waals surface area contributed by atoms with Crippen LogP contribution in [-0.2, 0) is 14.4 Å². The molecule has 7 nitrogen and oxygen atoms in total. The maximum atomic E-state index is 12.4. The fourth-order valence-electron chi connectivity index (χ4n) is 8.32. The van der Waals surface area contributed by atoms with E-state index in [-0.39, 0.29) is 48.3 Å². The quantitative estimate of drug-likeness (QED) is 0.414. The lowest BCUT2D eigenvalue weighted by molar-refractivity contribution is -0.137. The van der Waals surface area contributed by atoms with Crippen LogP contribution in [0.2, 0.25) is 0 Å². The van der Waals surface area contributed by atoms with Gasteiger partial charge in [0, 0.05) is 12.5 Å². The Morgan fingerprint density at radius 1 is 1.08 bits per heavy atom. The molecule has 0 heterocycles. The van der Waals surface area contributed by atoms with E-state index in [1.165, 1.54) is 24.8 Å². The number of carbonyl (C=O) groups is 2. The molecule has 0 saturated heterocycles. The summed E-state index contributed by atoms with van der Waals surface area (Å²) in [6.45, 7) is 4.81. The second-order valence-corrected chi connectivity index (χ2v) is 12.5. The van der Waals surface area contributed by atoms with Crippen molar-refractivity contribution in [2.45, 2.75) is 83.7 Å². The van der Waals surface area contributed by atoms with Gasteiger partial charge in [-0.2, -0.15) is 0 Å². The van der Waals surface area contributed by atoms with Gasteiger partial charge in [-0.05, 0) is 91.6 Å². The number of oxime groups is 1. The lowest BCUT2D eigenvalue weighted by atomic mass is 9.47. The first-order valence-electron chi connectivity index (χ1n) is 14.3. The van der Waals surface area contributed by atoms with Gasteiger partial charge >= 0.3 is 5.97 Å². The SMILES string of the molecule is C[C@]12CC[C@@H]3[C@H](CCC4=CC(=NOCC(=O)NC[C@H](CC(=O)O)c5ccccc5)CC[C@@]43C)[C@H]1CC[C@H]2O. The van der Waals surface area contributed by atoms with E-state index in [4.69, 9.17) is 4.84 Å². The van der Waals surface area contributed by atoms with Crippen LogP contribution in [0.15, 0.2) is 47.1 Å². The molecule has 1 amide bonds. The zero-order valence-electron chi connectivity index (χ0n) is 22.7. The van der Waals surface area contributed by atoms with E-state index in [0.29, 0.717) is 17.8 Å². The fraction of sp³-hybridized carbons (Fsp3) is 0.645. The van der Waals surface area contributed by atoms with Crippen molar-refractivity contribution in [2.24, 2.45) is 33.7 Å². The third-order valence-corrected chi connectivity index (χ3v) is 10.5. The molecular formula is C31H42N2O5. The Balaban J connectivity index is 1.16. The first kappa shape index (κ1) is 26.9. The number of aliphatic hydroxyl groups is 1. The highest BCUT2D eigenvalue weighted by atomic mass is 16.6. The van der Waals surface area contributed by atoms with Crippen LogP contribution in [-0.4, -0.2) is 47.1 Å². The Morgan fingerprint density at radius 2 is 1.87 bits per heavy atom. The molecule has 0 aliphatic heterocycles. The molecular weight excluding hydrogens is 480 g/mol. The summed E-state index contributed by atoms with van der Waals surface area (Å²) >= 11 is 0. The lowest BCUT2D eigenvalue weighted by Crippen LogP contribution is -2.51. The van der Waals surface area contributed by atoms with E-state index in [9.17, 15) is 19.8 Å². The molecule has 206 valence electrons. The molecule has 1 aromatic carbocycles. The highest BCUT2D eigenvalue weighted by Gasteiger charge is 2.58. The van der Waals surface area contributed by atoms with Crippen LogP contribution in [0.1, 0.15) is 83.1 Å². The van der Waals surface area contributed by atoms with Gasteiger partial charge in [0.15, 0.2) is 6.61 Å². The van der Waals surface area contributed by atoms with Gasteiger partial charge in [-0.15, -0.1) is 0 Å². The fourth-order valence-corrected chi connectivity index (χ4v) is 8.32. The van der Waals surface area contributed by atoms with Crippen LogP contribution < -0.4 is 5.32 Å². The van der Waals surface area contributed by atoms with Crippen molar-refractivity contribution in [1.29, 1.82) is 0 Å². The van der Waals surface area contributed by atoms with Gasteiger partial charge in [-0.1, -0.05) is 54.9 Å². The minimum absolute atomic E-state index is 0.0534. The van der Waals surface area contributed by atoms with Crippen molar-refractivity contribution in [3.8, 4) is 0 Å². The normalized spacial score (nSPS) is 35.9. The van der Waals surface area contributed by atoms with E-state index >= 15 is 0 Å². The smallest absolute Gasteiger partial charge is 0.304 e. The summed E-state index contributed by atoms with van der Waals surface area (Å²) in [7, 11) is 0. The molecule has 0 radical (unpaired) electrons. The monoisotopic (exact) mass is 522 g/mol. The number of hydrogen-bond donors (Lipinski definition) is 3. The number of carboxylic acid groups (broad SMARTS) is 1. The standard InChI is InChI=1S/C31H42N2O5/c1-30-14-12-23(17-22(30)8-9-24-25-10-11-27(34)31(25,2)15-13-26(24)30)33-38-19-28(35)32-18-21(16-29(36)37)20-6-4-3-5-7-20/h3-7,17,21,24-27,34H,8-16,18-19H2,1-2H3,(H,32,35)(H,36,37)/t21-,24+,25+,26+,27+,30-,31-/m0/s1. The Labute approximate surface area is 225 Å². The number of nitrogens with zero attached hydrogens (tertiary/aromatic N) is 1. The molecule has 0 unspecified atom stereocenters. The second kappa shape index (κ2) is 10.8. The van der Waals surface area contributed by atoms with Gasteiger partial charge in [0.2, 0.25) is 0 Å². The third kappa shape index (κ3) is 5.14. The van der Waals surface area contributed by atoms with Gasteiger partial charge in [-0.3, -0.25) is 9.59 Å². The number of benzene rings is 1. The maximum absolute atomic E-state index is 12.4. The number of aliphatic hydroxyl groups excluding tert-OH is 1. The zero-order valence-corrected chi connectivity index (χ0v) is 22.7. The van der Waals surface area contributed by atoms with Crippen molar-refractivity contribution >= 4 is 17.6 Å². The van der Waals surface area contributed by atoms with Crippen LogP contribution in [0.25, 0.3) is 0 Å². The molecule has 0 spiro atoms. The second-order valence-electron chi connectivity index (χ2n) is 12.5. The molecule has 5 rings (SSSR count). The van der Waals surface area contributed by atoms with E-state index < -0.39 is 5.97 Å². The molecule has 4 aliphatic carbocycles. The number of allylic oxidation sites excluding steroid dienone is 2. The average Bonchev–Trinajstić information content (AvgIpc) is 3.21. The number of carbonyl (C=O) groups excluding carboxylic acids is 1. The number of aliphatic carboxylic acids is 1. The predicted molar refractivity (Wildman–Crippen MR) is 146 cm³/mol. The van der Waals surface area contributed by atoms with Gasteiger partial charge in [-0.25, -0.2) is 0 Å². The van der Waals surface area contributed by atoms with Gasteiger partial charge in [0.1, 0.15) is 0 Å². The topological polar surface area (TPSA) is 108 Å². The largest absolute Gasteiger partial charge is 0.481 e. The van der Waals surface area contributed by atoms with Crippen molar-refractivity contribution in [3.63, 3.8) is 0 Å². The summed E-state index contributed by atoms with van der Waals surface area (Å²) in [5.74, 6) is 0.506. The van der Waals surface area contributed by atoms with Gasteiger partial charge in [0.25, 0.3) is 5.91 Å². The lowest BCUT2D eigenvalue weighted by Gasteiger charge is -2.57. The van der Waals surface area contributed by atoms with Gasteiger partial charge < -0.3 is 20.4 Å². The Hall–Kier alpha value is -2.67. The summed E-state index contributed by atoms with van der Waals surface area (Å²) in [5, 5.41) is 27.0. The molecule has 1 aromatic rings. The number of rotatable bonds is 8. The van der Waals surface area contributed by atoms with Crippen molar-refractivity contribution in [1.82, 2.24) is 5.32 Å². The molecule has 3 fully saturated rings. The zero-order chi connectivity index (χ0) is 26.9. The van der Waals surface area contributed by atoms with Crippen LogP contribution in [0.5, 0.6) is 0 Å². The number of fused-ring (bicyclic) bond motifs is 5. The highest BCUT2D eigenvalue weighted by Crippen LogP contribution is 2.65. The molecule has 3 saturated carbocycles. The van der Waals surface area contributed by atoms with Crippen molar-refractivity contribution in [2.75, 3.05) is 13.2 Å². The third-order valence-electron chi connectivity index (χ3n) is 10.5. The van der Waals surface area contributed by atoms with Crippen LogP contribution in [0.4, 0.5) is 0 Å². The average molecular weight is 523 g/mol. The molecule has 0 bridgehead atoms. The van der Waals surface area contributed by atoms with E-state index in [0.717, 1.165) is 43.4 Å². The molecule has 0 aromatic heterocycles. The molecule has 7 heteroatoms.